The number of carbonyl (C=O) groups excluding carboxylic acids is 8. The Labute approximate surface area is 427 Å². The fraction of sp³-hybridized carbons (Fsp3) is 0.714. The van der Waals surface area contributed by atoms with Gasteiger partial charge in [0.15, 0.2) is 11.9 Å². The van der Waals surface area contributed by atoms with E-state index < -0.39 is 133 Å². The summed E-state index contributed by atoms with van der Waals surface area (Å²) in [4.78, 5) is 139. The van der Waals surface area contributed by atoms with Gasteiger partial charge in [-0.2, -0.15) is 11.8 Å². The van der Waals surface area contributed by atoms with Gasteiger partial charge in [0, 0.05) is 13.1 Å². The third-order valence-corrected chi connectivity index (χ3v) is 11.5. The number of carbonyl (C=O) groups is 10. The van der Waals surface area contributed by atoms with Crippen molar-refractivity contribution in [2.75, 3.05) is 44.8 Å². The number of rotatable bonds is 38. The number of aliphatic hydroxyl groups excluding tert-OH is 2. The molecule has 0 saturated carbocycles. The number of nitrogens with two attached hydrogens (primary N) is 6. The molecule has 0 saturated heterocycles. The average Bonchev–Trinajstić information content (AvgIpc) is 3.32. The van der Waals surface area contributed by atoms with Crippen molar-refractivity contribution < 1.29 is 68.4 Å². The van der Waals surface area contributed by atoms with Crippen molar-refractivity contribution in [3.8, 4) is 0 Å². The maximum atomic E-state index is 14.0. The van der Waals surface area contributed by atoms with E-state index in [0.29, 0.717) is 12.8 Å². The molecule has 0 unspecified atom stereocenters. The summed E-state index contributed by atoms with van der Waals surface area (Å²) in [6, 6.07) is -12.1. The van der Waals surface area contributed by atoms with Gasteiger partial charge in [0.25, 0.3) is 0 Å². The third-order valence-electron chi connectivity index (χ3n) is 10.8. The zero-order chi connectivity index (χ0) is 55.8. The van der Waals surface area contributed by atoms with Gasteiger partial charge in [0.05, 0.1) is 25.2 Å². The van der Waals surface area contributed by atoms with E-state index in [1.165, 1.54) is 18.7 Å². The topological polar surface area (TPSA) is 529 Å². The van der Waals surface area contributed by atoms with Crippen LogP contribution < -0.4 is 76.9 Å². The smallest absolute Gasteiger partial charge is 0.322 e. The van der Waals surface area contributed by atoms with Crippen molar-refractivity contribution in [1.82, 2.24) is 42.5 Å². The van der Waals surface area contributed by atoms with Gasteiger partial charge >= 0.3 is 11.9 Å². The number of unbranched alkanes of at least 4 members (excludes halogenated alkanes) is 1. The summed E-state index contributed by atoms with van der Waals surface area (Å²) in [6.07, 6.45) is 0.106. The molecule has 0 heterocycles. The largest absolute Gasteiger partial charge is 0.481 e. The molecule has 31 heteroatoms. The van der Waals surface area contributed by atoms with Crippen LogP contribution in [0.3, 0.4) is 0 Å². The molecule has 0 rings (SSSR count). The normalized spacial score (nSPS) is 15.0. The highest BCUT2D eigenvalue weighted by molar-refractivity contribution is 7.98. The molecule has 0 aromatic carbocycles. The van der Waals surface area contributed by atoms with Crippen molar-refractivity contribution in [3.05, 3.63) is 0 Å². The number of thioether (sulfide) groups is 1. The standard InChI is InChI=1S/C42H78N16O14S/c1-5-21(2)31(44)39(71)56-27(18-29(61)62)37(69)53-25(12-9-16-50-42(47)48)34(66)57-28(20-59)38(70)54-26(13-17-73-4)35(67)52-24(10-6-7-14-43)36(68)58-32(22(3)60)40(72)55-23(11-8-15-49-41(45)46)33(65)51-19-30(63)64/h21-28,31-32,59-60H,5-20,43-44H2,1-4H3,(H,51,65)(H,52,67)(H,53,69)(H,54,70)(H,55,72)(H,56,71)(H,57,66)(H,58,68)(H,61,62)(H,63,64)(H4,45,46,49)(H4,47,48,50)/t21-,22+,23-,24-,25-,26-,27-,28-,31-,32-/m0/s1. The predicted octanol–water partition coefficient (Wildman–Crippen LogP) is -7.21. The molecule has 10 atom stereocenters. The van der Waals surface area contributed by atoms with Crippen molar-refractivity contribution in [3.63, 3.8) is 0 Å². The number of amides is 8. The van der Waals surface area contributed by atoms with Crippen molar-refractivity contribution >= 4 is 82.9 Å². The maximum Gasteiger partial charge on any atom is 0.322 e. The molecule has 0 aromatic rings. The Morgan fingerprint density at radius 2 is 0.986 bits per heavy atom. The highest BCUT2D eigenvalue weighted by Crippen LogP contribution is 2.10. The molecule has 0 aromatic heterocycles. The first kappa shape index (κ1) is 66.4. The Morgan fingerprint density at radius 1 is 0.562 bits per heavy atom. The van der Waals surface area contributed by atoms with Crippen LogP contribution in [0.2, 0.25) is 0 Å². The Morgan fingerprint density at radius 3 is 1.42 bits per heavy atom. The van der Waals surface area contributed by atoms with Crippen molar-refractivity contribution in [2.45, 2.75) is 139 Å². The summed E-state index contributed by atoms with van der Waals surface area (Å²) in [5.74, 6) is -11.4. The first-order valence-corrected chi connectivity index (χ1v) is 24.9. The molecule has 73 heavy (non-hydrogen) atoms. The number of aliphatic carboxylic acids is 2. The molecule has 0 fully saturated rings. The molecular formula is C42H78N16O14S. The summed E-state index contributed by atoms with van der Waals surface area (Å²) >= 11 is 1.28. The number of hydrogen-bond donors (Lipinski definition) is 18. The van der Waals surface area contributed by atoms with E-state index in [1.807, 2.05) is 0 Å². The molecule has 24 N–H and O–H groups in total. The van der Waals surface area contributed by atoms with Crippen LogP contribution >= 0.6 is 11.8 Å². The first-order chi connectivity index (χ1) is 34.3. The van der Waals surface area contributed by atoms with E-state index in [0.717, 1.165) is 0 Å². The minimum Gasteiger partial charge on any atom is -0.481 e. The van der Waals surface area contributed by atoms with Gasteiger partial charge in [0.1, 0.15) is 48.8 Å². The molecule has 8 amide bonds. The van der Waals surface area contributed by atoms with E-state index in [2.05, 4.69) is 52.5 Å². The number of guanidine groups is 2. The molecule has 416 valence electrons. The van der Waals surface area contributed by atoms with Crippen LogP contribution in [-0.4, -0.2) is 191 Å². The van der Waals surface area contributed by atoms with Crippen molar-refractivity contribution in [2.24, 2.45) is 50.3 Å². The Hall–Kier alpha value is -6.57. The monoisotopic (exact) mass is 1060 g/mol. The Kier molecular flexibility index (Phi) is 33.1. The molecule has 0 spiro atoms. The number of aliphatic hydroxyl groups is 2. The minimum atomic E-state index is -1.77. The second kappa shape index (κ2) is 36.4. The van der Waals surface area contributed by atoms with E-state index in [1.54, 1.807) is 20.1 Å². The van der Waals surface area contributed by atoms with E-state index in [9.17, 15) is 63.3 Å². The van der Waals surface area contributed by atoms with Gasteiger partial charge in [-0.3, -0.25) is 57.9 Å². The zero-order valence-electron chi connectivity index (χ0n) is 41.7. The molecule has 0 aliphatic heterocycles. The summed E-state index contributed by atoms with van der Waals surface area (Å²) < 4.78 is 0. The average molecular weight is 1060 g/mol. The summed E-state index contributed by atoms with van der Waals surface area (Å²) in [6.45, 7) is 2.99. The number of hydrogen-bond acceptors (Lipinski definition) is 17. The zero-order valence-corrected chi connectivity index (χ0v) is 42.5. The van der Waals surface area contributed by atoms with Gasteiger partial charge in [-0.05, 0) is 82.8 Å². The number of carboxylic acids is 2. The van der Waals surface area contributed by atoms with E-state index >= 15 is 0 Å². The first-order valence-electron chi connectivity index (χ1n) is 23.5. The Balaban J connectivity index is 6.57. The minimum absolute atomic E-state index is 0.0343. The summed E-state index contributed by atoms with van der Waals surface area (Å²) in [7, 11) is 0. The molecule has 0 bridgehead atoms. The summed E-state index contributed by atoms with van der Waals surface area (Å²) in [5.41, 5.74) is 33.2. The van der Waals surface area contributed by atoms with Crippen LogP contribution in [0.1, 0.15) is 85.0 Å². The fourth-order valence-electron chi connectivity index (χ4n) is 6.46. The highest BCUT2D eigenvalue weighted by Gasteiger charge is 2.36. The quantitative estimate of drug-likeness (QED) is 0.0155. The van der Waals surface area contributed by atoms with Crippen LogP contribution in [-0.2, 0) is 47.9 Å². The lowest BCUT2D eigenvalue weighted by atomic mass is 9.99. The second-order valence-corrected chi connectivity index (χ2v) is 17.8. The van der Waals surface area contributed by atoms with Crippen LogP contribution in [0.15, 0.2) is 9.98 Å². The van der Waals surface area contributed by atoms with Crippen LogP contribution in [0.5, 0.6) is 0 Å². The van der Waals surface area contributed by atoms with Crippen molar-refractivity contribution in [1.29, 1.82) is 0 Å². The van der Waals surface area contributed by atoms with Gasteiger partial charge in [-0.25, -0.2) is 0 Å². The second-order valence-electron chi connectivity index (χ2n) is 16.9. The molecule has 0 radical (unpaired) electrons. The van der Waals surface area contributed by atoms with Crippen LogP contribution in [0, 0.1) is 5.92 Å². The lowest BCUT2D eigenvalue weighted by molar-refractivity contribution is -0.141. The Bertz CT molecular complexity index is 1890. The number of nitrogens with zero attached hydrogens (tertiary/aromatic N) is 2. The van der Waals surface area contributed by atoms with Gasteiger partial charge in [-0.1, -0.05) is 20.3 Å². The third kappa shape index (κ3) is 27.7. The summed E-state index contributed by atoms with van der Waals surface area (Å²) in [5, 5.41) is 58.4. The maximum absolute atomic E-state index is 14.0. The highest BCUT2D eigenvalue weighted by atomic mass is 32.2. The van der Waals surface area contributed by atoms with Gasteiger partial charge in [-0.15, -0.1) is 0 Å². The molecule has 0 aliphatic rings. The SMILES string of the molecule is CC[C@H](C)[C@H](N)C(=O)N[C@@H](CC(=O)O)C(=O)N[C@@H](CCCN=C(N)N)C(=O)N[C@@H](CO)C(=O)N[C@@H](CCSC)C(=O)N[C@@H](CCCCN)C(=O)N[C@H](C(=O)N[C@@H](CCCN=C(N)N)C(=O)NCC(=O)O)[C@@H](C)O. The molecular weight excluding hydrogens is 985 g/mol. The van der Waals surface area contributed by atoms with Gasteiger partial charge in [0.2, 0.25) is 47.3 Å². The van der Waals surface area contributed by atoms with Crippen LogP contribution in [0.25, 0.3) is 0 Å². The number of nitrogens with one attached hydrogen (secondary N) is 8. The molecule has 0 aliphatic carbocycles. The van der Waals surface area contributed by atoms with Crippen LogP contribution in [0.4, 0.5) is 0 Å². The molecule has 30 nitrogen and oxygen atoms in total. The fourth-order valence-corrected chi connectivity index (χ4v) is 6.94. The van der Waals surface area contributed by atoms with E-state index in [-0.39, 0.29) is 88.2 Å². The number of aliphatic imine (C=N–C) groups is 2. The lowest BCUT2D eigenvalue weighted by Crippen LogP contribution is -2.62. The predicted molar refractivity (Wildman–Crippen MR) is 268 cm³/mol. The number of carboxylic acid groups (broad SMARTS) is 2. The van der Waals surface area contributed by atoms with E-state index in [4.69, 9.17) is 39.5 Å². The lowest BCUT2D eigenvalue weighted by Gasteiger charge is -2.28. The van der Waals surface area contributed by atoms with Gasteiger partial charge < -0.3 is 97.4 Å².